The van der Waals surface area contributed by atoms with Crippen LogP contribution < -0.4 is 5.32 Å². The maximum atomic E-state index is 13.2. The summed E-state index contributed by atoms with van der Waals surface area (Å²) >= 11 is 3.11. The normalized spacial score (nSPS) is 9.73. The molecular formula is C10H9BrFNO2. The number of benzene rings is 1. The number of hydrogen-bond acceptors (Lipinski definition) is 2. The van der Waals surface area contributed by atoms with Crippen LogP contribution in [-0.2, 0) is 0 Å². The summed E-state index contributed by atoms with van der Waals surface area (Å²) in [5, 5.41) is 11.6. The topological polar surface area (TPSA) is 49.3 Å². The molecule has 1 rings (SSSR count). The molecule has 0 amide bonds. The lowest BCUT2D eigenvalue weighted by Gasteiger charge is -2.09. The van der Waals surface area contributed by atoms with Crippen LogP contribution in [0.3, 0.4) is 0 Å². The highest BCUT2D eigenvalue weighted by atomic mass is 79.9. The molecule has 0 aliphatic rings. The molecule has 0 saturated carbocycles. The molecule has 0 aromatic heterocycles. The van der Waals surface area contributed by atoms with Crippen molar-refractivity contribution in [1.82, 2.24) is 0 Å². The Morgan fingerprint density at radius 3 is 2.80 bits per heavy atom. The number of aromatic carboxylic acids is 1. The molecule has 15 heavy (non-hydrogen) atoms. The van der Waals surface area contributed by atoms with E-state index in [4.69, 9.17) is 5.11 Å². The van der Waals surface area contributed by atoms with Gasteiger partial charge in [-0.3, -0.25) is 0 Å². The van der Waals surface area contributed by atoms with Crippen LogP contribution in [0.4, 0.5) is 10.1 Å². The van der Waals surface area contributed by atoms with Crippen LogP contribution in [-0.4, -0.2) is 17.6 Å². The molecule has 0 radical (unpaired) electrons. The maximum absolute atomic E-state index is 13.2. The van der Waals surface area contributed by atoms with Crippen LogP contribution >= 0.6 is 15.9 Å². The van der Waals surface area contributed by atoms with E-state index in [0.29, 0.717) is 11.0 Å². The lowest BCUT2D eigenvalue weighted by Crippen LogP contribution is -2.09. The van der Waals surface area contributed by atoms with E-state index in [1.165, 1.54) is 12.1 Å². The third-order valence-electron chi connectivity index (χ3n) is 1.70. The number of carbonyl (C=O) groups is 1. The number of carboxylic acid groups (broad SMARTS) is 1. The summed E-state index contributed by atoms with van der Waals surface area (Å²) < 4.78 is 13.8. The van der Waals surface area contributed by atoms with Gasteiger partial charge in [-0.25, -0.2) is 9.18 Å². The van der Waals surface area contributed by atoms with Gasteiger partial charge in [0.05, 0.1) is 5.69 Å². The van der Waals surface area contributed by atoms with Gasteiger partial charge in [-0.15, -0.1) is 0 Å². The Kier molecular flexibility index (Phi) is 3.85. The van der Waals surface area contributed by atoms with Crippen molar-refractivity contribution in [2.45, 2.75) is 0 Å². The number of halogens is 2. The number of anilines is 1. The van der Waals surface area contributed by atoms with Gasteiger partial charge in [0.15, 0.2) is 0 Å². The Balaban J connectivity index is 3.01. The van der Waals surface area contributed by atoms with E-state index < -0.39 is 11.8 Å². The zero-order chi connectivity index (χ0) is 11.4. The average Bonchev–Trinajstić information content (AvgIpc) is 2.13. The Bertz CT molecular complexity index is 406. The molecule has 1 aromatic carbocycles. The first-order valence-electron chi connectivity index (χ1n) is 4.11. The van der Waals surface area contributed by atoms with Gasteiger partial charge in [-0.2, -0.15) is 0 Å². The molecule has 0 heterocycles. The second kappa shape index (κ2) is 4.93. The van der Waals surface area contributed by atoms with E-state index in [0.717, 1.165) is 6.07 Å². The monoisotopic (exact) mass is 273 g/mol. The fourth-order valence-corrected chi connectivity index (χ4v) is 1.22. The van der Waals surface area contributed by atoms with Crippen LogP contribution in [0.2, 0.25) is 0 Å². The van der Waals surface area contributed by atoms with Crippen molar-refractivity contribution in [2.24, 2.45) is 0 Å². The lowest BCUT2D eigenvalue weighted by atomic mass is 10.1. The van der Waals surface area contributed by atoms with Crippen LogP contribution in [0.1, 0.15) is 10.4 Å². The Morgan fingerprint density at radius 1 is 1.60 bits per heavy atom. The van der Waals surface area contributed by atoms with Crippen molar-refractivity contribution < 1.29 is 14.3 Å². The number of hydrogen-bond donors (Lipinski definition) is 2. The second-order valence-electron chi connectivity index (χ2n) is 2.84. The smallest absolute Gasteiger partial charge is 0.340 e. The van der Waals surface area contributed by atoms with Crippen molar-refractivity contribution in [2.75, 3.05) is 11.9 Å². The van der Waals surface area contributed by atoms with Crippen LogP contribution in [0.15, 0.2) is 29.3 Å². The molecule has 0 aliphatic carbocycles. The third-order valence-corrected chi connectivity index (χ3v) is 1.98. The van der Waals surface area contributed by atoms with Crippen LogP contribution in [0, 0.1) is 5.82 Å². The molecule has 2 N–H and O–H groups in total. The molecule has 0 bridgehead atoms. The quantitative estimate of drug-likeness (QED) is 0.887. The largest absolute Gasteiger partial charge is 0.478 e. The molecule has 5 heteroatoms. The first-order chi connectivity index (χ1) is 7.02. The van der Waals surface area contributed by atoms with Gasteiger partial charge in [0.2, 0.25) is 0 Å². The molecule has 3 nitrogen and oxygen atoms in total. The Hall–Kier alpha value is -1.36. The summed E-state index contributed by atoms with van der Waals surface area (Å²) in [5.41, 5.74) is -0.116. The zero-order valence-electron chi connectivity index (χ0n) is 7.76. The summed E-state index contributed by atoms with van der Waals surface area (Å²) in [6, 6.07) is 4.06. The van der Waals surface area contributed by atoms with Crippen LogP contribution in [0.5, 0.6) is 0 Å². The summed E-state index contributed by atoms with van der Waals surface area (Å²) in [5.74, 6) is -2.05. The Morgan fingerprint density at radius 2 is 2.27 bits per heavy atom. The minimum atomic E-state index is -1.30. The highest BCUT2D eigenvalue weighted by molar-refractivity contribution is 9.11. The highest BCUT2D eigenvalue weighted by Gasteiger charge is 2.14. The minimum absolute atomic E-state index is 0.239. The zero-order valence-corrected chi connectivity index (χ0v) is 9.34. The molecule has 0 saturated heterocycles. The van der Waals surface area contributed by atoms with E-state index in [2.05, 4.69) is 27.8 Å². The Labute approximate surface area is 94.7 Å². The van der Waals surface area contributed by atoms with Gasteiger partial charge in [0.1, 0.15) is 11.4 Å². The predicted octanol–water partition coefficient (Wildman–Crippen LogP) is 2.84. The van der Waals surface area contributed by atoms with E-state index in [-0.39, 0.29) is 11.3 Å². The number of rotatable bonds is 4. The molecular weight excluding hydrogens is 265 g/mol. The number of carboxylic acids is 1. The van der Waals surface area contributed by atoms with Crippen molar-refractivity contribution in [3.05, 3.63) is 40.6 Å². The summed E-state index contributed by atoms with van der Waals surface area (Å²) in [7, 11) is 0. The SMILES string of the molecule is C=C(Br)CNc1cccc(F)c1C(=O)O. The molecule has 1 aromatic rings. The van der Waals surface area contributed by atoms with Crippen molar-refractivity contribution >= 4 is 27.6 Å². The van der Waals surface area contributed by atoms with Gasteiger partial charge in [0, 0.05) is 11.0 Å². The van der Waals surface area contributed by atoms with Crippen molar-refractivity contribution in [3.63, 3.8) is 0 Å². The van der Waals surface area contributed by atoms with Gasteiger partial charge < -0.3 is 10.4 Å². The van der Waals surface area contributed by atoms with Crippen molar-refractivity contribution in [3.8, 4) is 0 Å². The molecule has 0 atom stereocenters. The van der Waals surface area contributed by atoms with Gasteiger partial charge in [-0.05, 0) is 12.1 Å². The van der Waals surface area contributed by atoms with Crippen LogP contribution in [0.25, 0.3) is 0 Å². The van der Waals surface area contributed by atoms with E-state index >= 15 is 0 Å². The fraction of sp³-hybridized carbons (Fsp3) is 0.100. The third kappa shape index (κ3) is 3.06. The van der Waals surface area contributed by atoms with Gasteiger partial charge >= 0.3 is 5.97 Å². The molecule has 0 unspecified atom stereocenters. The first-order valence-corrected chi connectivity index (χ1v) is 4.90. The van der Waals surface area contributed by atoms with Gasteiger partial charge in [-0.1, -0.05) is 28.6 Å². The summed E-state index contributed by atoms with van der Waals surface area (Å²) in [6.45, 7) is 3.92. The predicted molar refractivity (Wildman–Crippen MR) is 59.9 cm³/mol. The minimum Gasteiger partial charge on any atom is -0.478 e. The number of nitrogens with one attached hydrogen (secondary N) is 1. The molecule has 0 spiro atoms. The standard InChI is InChI=1S/C10H9BrFNO2/c1-6(11)5-13-8-4-2-3-7(12)9(8)10(14)15/h2-4,13H,1,5H2,(H,14,15). The molecule has 0 aliphatic heterocycles. The highest BCUT2D eigenvalue weighted by Crippen LogP contribution is 2.19. The average molecular weight is 274 g/mol. The van der Waals surface area contributed by atoms with E-state index in [9.17, 15) is 9.18 Å². The molecule has 0 fully saturated rings. The fourth-order valence-electron chi connectivity index (χ4n) is 1.08. The summed E-state index contributed by atoms with van der Waals surface area (Å²) in [6.07, 6.45) is 0. The second-order valence-corrected chi connectivity index (χ2v) is 3.96. The first kappa shape index (κ1) is 11.7. The molecule has 80 valence electrons. The maximum Gasteiger partial charge on any atom is 0.340 e. The lowest BCUT2D eigenvalue weighted by molar-refractivity contribution is 0.0693. The summed E-state index contributed by atoms with van der Waals surface area (Å²) in [4.78, 5) is 10.8. The van der Waals surface area contributed by atoms with Crippen molar-refractivity contribution in [1.29, 1.82) is 0 Å². The van der Waals surface area contributed by atoms with E-state index in [1.807, 2.05) is 0 Å². The van der Waals surface area contributed by atoms with Gasteiger partial charge in [0.25, 0.3) is 0 Å². The van der Waals surface area contributed by atoms with E-state index in [1.54, 1.807) is 0 Å².